The predicted octanol–water partition coefficient (Wildman–Crippen LogP) is 4.29. The third-order valence-corrected chi connectivity index (χ3v) is 5.94. The number of nitrogen functional groups attached to an aromatic ring is 1. The van der Waals surface area contributed by atoms with Gasteiger partial charge in [0, 0.05) is 6.04 Å². The van der Waals surface area contributed by atoms with Gasteiger partial charge in [-0.15, -0.1) is 0 Å². The van der Waals surface area contributed by atoms with Gasteiger partial charge in [0.15, 0.2) is 0 Å². The fourth-order valence-corrected chi connectivity index (χ4v) is 4.77. The minimum atomic E-state index is 0.320. The first-order valence-electron chi connectivity index (χ1n) is 8.16. The van der Waals surface area contributed by atoms with Crippen LogP contribution in [-0.4, -0.2) is 12.6 Å². The first-order valence-corrected chi connectivity index (χ1v) is 8.16. The van der Waals surface area contributed by atoms with Crippen LogP contribution in [0.15, 0.2) is 18.2 Å². The second-order valence-electron chi connectivity index (χ2n) is 7.64. The Kier molecular flexibility index (Phi) is 3.34. The highest BCUT2D eigenvalue weighted by molar-refractivity contribution is 5.73. The third kappa shape index (κ3) is 2.18. The van der Waals surface area contributed by atoms with Crippen LogP contribution in [-0.2, 0) is 0 Å². The van der Waals surface area contributed by atoms with Gasteiger partial charge >= 0.3 is 0 Å². The van der Waals surface area contributed by atoms with Gasteiger partial charge in [0.1, 0.15) is 5.75 Å². The molecule has 0 heterocycles. The Bertz CT molecular complexity index is 535. The minimum Gasteiger partial charge on any atom is -0.492 e. The first kappa shape index (κ1) is 14.6. The molecule has 0 saturated heterocycles. The highest BCUT2D eigenvalue weighted by Gasteiger charge is 2.59. The van der Waals surface area contributed by atoms with Gasteiger partial charge in [0.05, 0.1) is 18.0 Å². The van der Waals surface area contributed by atoms with Crippen LogP contribution in [0.4, 0.5) is 11.4 Å². The molecule has 0 spiro atoms. The van der Waals surface area contributed by atoms with E-state index in [4.69, 9.17) is 10.5 Å². The number of nitrogens with two attached hydrogens (primary N) is 1. The summed E-state index contributed by atoms with van der Waals surface area (Å²) in [4.78, 5) is 0. The summed E-state index contributed by atoms with van der Waals surface area (Å²) in [6.07, 6.45) is 4.03. The maximum atomic E-state index is 6.29. The zero-order valence-electron chi connectivity index (χ0n) is 13.7. The summed E-state index contributed by atoms with van der Waals surface area (Å²) < 4.78 is 5.62. The quantitative estimate of drug-likeness (QED) is 0.812. The number of ether oxygens (including phenoxy) is 1. The van der Waals surface area contributed by atoms with Gasteiger partial charge in [0.25, 0.3) is 0 Å². The molecular formula is C18H28N2O. The van der Waals surface area contributed by atoms with E-state index in [0.717, 1.165) is 23.0 Å². The molecule has 2 bridgehead atoms. The van der Waals surface area contributed by atoms with Crippen LogP contribution in [0.1, 0.15) is 47.0 Å². The Morgan fingerprint density at radius 2 is 2.10 bits per heavy atom. The summed E-state index contributed by atoms with van der Waals surface area (Å²) in [5.74, 6) is 1.62. The Balaban J connectivity index is 1.89. The van der Waals surface area contributed by atoms with Crippen LogP contribution in [0.2, 0.25) is 0 Å². The summed E-state index contributed by atoms with van der Waals surface area (Å²) in [7, 11) is 0. The smallest absolute Gasteiger partial charge is 0.144 e. The van der Waals surface area contributed by atoms with Crippen molar-refractivity contribution in [1.82, 2.24) is 0 Å². The number of nitrogens with one attached hydrogen (secondary N) is 1. The average molecular weight is 288 g/mol. The minimum absolute atomic E-state index is 0.320. The molecule has 1 aromatic rings. The lowest BCUT2D eigenvalue weighted by molar-refractivity contribution is 0.155. The fourth-order valence-electron chi connectivity index (χ4n) is 4.77. The van der Waals surface area contributed by atoms with Crippen LogP contribution in [0, 0.1) is 16.7 Å². The van der Waals surface area contributed by atoms with Gasteiger partial charge in [-0.2, -0.15) is 0 Å². The van der Waals surface area contributed by atoms with Crippen molar-refractivity contribution in [2.45, 2.75) is 53.0 Å². The molecule has 3 atom stereocenters. The standard InChI is InChI=1S/C18H28N2O/c1-5-21-14-8-6-7-13(15(14)19)20-16-17(2,3)12-9-10-18(16,4)11-12/h6-8,12,16,20H,5,9-11,19H2,1-4H3. The molecule has 116 valence electrons. The van der Waals surface area contributed by atoms with Crippen LogP contribution >= 0.6 is 0 Å². The van der Waals surface area contributed by atoms with Gasteiger partial charge in [-0.3, -0.25) is 0 Å². The molecule has 3 unspecified atom stereocenters. The lowest BCUT2D eigenvalue weighted by atomic mass is 9.68. The zero-order valence-corrected chi connectivity index (χ0v) is 13.7. The van der Waals surface area contributed by atoms with Crippen molar-refractivity contribution < 1.29 is 4.74 Å². The SMILES string of the molecule is CCOc1cccc(NC2C3(C)CCC(C3)C2(C)C)c1N. The van der Waals surface area contributed by atoms with Gasteiger partial charge in [-0.25, -0.2) is 0 Å². The van der Waals surface area contributed by atoms with Crippen molar-refractivity contribution in [3.8, 4) is 5.75 Å². The summed E-state index contributed by atoms with van der Waals surface area (Å²) in [5.41, 5.74) is 8.76. The van der Waals surface area contributed by atoms with Gasteiger partial charge < -0.3 is 15.8 Å². The highest BCUT2D eigenvalue weighted by atomic mass is 16.5. The van der Waals surface area contributed by atoms with E-state index in [0.29, 0.717) is 23.5 Å². The maximum Gasteiger partial charge on any atom is 0.144 e. The van der Waals surface area contributed by atoms with E-state index in [1.54, 1.807) is 0 Å². The number of anilines is 2. The van der Waals surface area contributed by atoms with Crippen molar-refractivity contribution in [3.63, 3.8) is 0 Å². The molecule has 21 heavy (non-hydrogen) atoms. The zero-order chi connectivity index (χ0) is 15.3. The molecule has 3 N–H and O–H groups in total. The molecule has 2 fully saturated rings. The number of rotatable bonds is 4. The average Bonchev–Trinajstić information content (AvgIpc) is 2.90. The lowest BCUT2D eigenvalue weighted by Gasteiger charge is -2.43. The van der Waals surface area contributed by atoms with Crippen LogP contribution < -0.4 is 15.8 Å². The van der Waals surface area contributed by atoms with E-state index in [1.807, 2.05) is 19.1 Å². The summed E-state index contributed by atoms with van der Waals surface area (Å²) in [6, 6.07) is 6.51. The number of benzene rings is 1. The lowest BCUT2D eigenvalue weighted by Crippen LogP contribution is -2.45. The molecule has 2 aliphatic rings. The molecule has 3 nitrogen and oxygen atoms in total. The fraction of sp³-hybridized carbons (Fsp3) is 0.667. The van der Waals surface area contributed by atoms with Crippen molar-refractivity contribution in [3.05, 3.63) is 18.2 Å². The molecule has 3 heteroatoms. The van der Waals surface area contributed by atoms with Crippen LogP contribution in [0.3, 0.4) is 0 Å². The summed E-state index contributed by atoms with van der Waals surface area (Å²) in [6.45, 7) is 9.87. The molecule has 0 radical (unpaired) electrons. The molecule has 0 amide bonds. The van der Waals surface area contributed by atoms with Gasteiger partial charge in [-0.05, 0) is 55.1 Å². The number of hydrogen-bond donors (Lipinski definition) is 2. The molecule has 2 saturated carbocycles. The number of fused-ring (bicyclic) bond motifs is 2. The molecule has 2 aliphatic carbocycles. The molecule has 1 aromatic carbocycles. The van der Waals surface area contributed by atoms with Crippen molar-refractivity contribution >= 4 is 11.4 Å². The highest BCUT2D eigenvalue weighted by Crippen LogP contribution is 2.63. The van der Waals surface area contributed by atoms with Crippen LogP contribution in [0.5, 0.6) is 5.75 Å². The van der Waals surface area contributed by atoms with E-state index in [9.17, 15) is 0 Å². The first-order chi connectivity index (χ1) is 9.88. The maximum absolute atomic E-state index is 6.29. The summed E-state index contributed by atoms with van der Waals surface area (Å²) >= 11 is 0. The van der Waals surface area contributed by atoms with E-state index >= 15 is 0 Å². The van der Waals surface area contributed by atoms with E-state index in [1.165, 1.54) is 19.3 Å². The second kappa shape index (κ2) is 4.82. The largest absolute Gasteiger partial charge is 0.492 e. The van der Waals surface area contributed by atoms with Crippen molar-refractivity contribution in [1.29, 1.82) is 0 Å². The Morgan fingerprint density at radius 3 is 2.71 bits per heavy atom. The van der Waals surface area contributed by atoms with E-state index in [2.05, 4.69) is 32.2 Å². The predicted molar refractivity (Wildman–Crippen MR) is 88.7 cm³/mol. The Morgan fingerprint density at radius 1 is 1.33 bits per heavy atom. The third-order valence-electron chi connectivity index (χ3n) is 5.94. The van der Waals surface area contributed by atoms with Gasteiger partial charge in [0.2, 0.25) is 0 Å². The normalized spacial score (nSPS) is 33.1. The second-order valence-corrected chi connectivity index (χ2v) is 7.64. The molecule has 0 aliphatic heterocycles. The number of para-hydroxylation sites is 1. The molecular weight excluding hydrogens is 260 g/mol. The van der Waals surface area contributed by atoms with Crippen LogP contribution in [0.25, 0.3) is 0 Å². The summed E-state index contributed by atoms with van der Waals surface area (Å²) in [5, 5.41) is 3.77. The molecule has 0 aromatic heterocycles. The van der Waals surface area contributed by atoms with Gasteiger partial charge in [-0.1, -0.05) is 26.8 Å². The Labute approximate surface area is 128 Å². The topological polar surface area (TPSA) is 47.3 Å². The van der Waals surface area contributed by atoms with E-state index in [-0.39, 0.29) is 0 Å². The van der Waals surface area contributed by atoms with E-state index < -0.39 is 0 Å². The van der Waals surface area contributed by atoms with Crippen molar-refractivity contribution in [2.24, 2.45) is 16.7 Å². The Hall–Kier alpha value is -1.38. The number of hydrogen-bond acceptors (Lipinski definition) is 3. The van der Waals surface area contributed by atoms with Crippen molar-refractivity contribution in [2.75, 3.05) is 17.7 Å². The monoisotopic (exact) mass is 288 g/mol. The molecule has 3 rings (SSSR count).